The highest BCUT2D eigenvalue weighted by Crippen LogP contribution is 2.18. The maximum Gasteiger partial charge on any atom is 0.261 e. The number of nitrogens with zero attached hydrogens (tertiary/aromatic N) is 1. The fourth-order valence-corrected chi connectivity index (χ4v) is 3.88. The van der Waals surface area contributed by atoms with E-state index in [9.17, 15) is 9.59 Å². The molecule has 2 amide bonds. The van der Waals surface area contributed by atoms with Crippen molar-refractivity contribution < 1.29 is 19.1 Å². The van der Waals surface area contributed by atoms with Gasteiger partial charge in [-0.05, 0) is 73.6 Å². The zero-order chi connectivity index (χ0) is 26.5. The lowest BCUT2D eigenvalue weighted by molar-refractivity contribution is 0.0755. The summed E-state index contributed by atoms with van der Waals surface area (Å²) in [6, 6.07) is 23.5. The van der Waals surface area contributed by atoms with Crippen molar-refractivity contribution in [3.05, 3.63) is 90.0 Å². The van der Waals surface area contributed by atoms with Crippen molar-refractivity contribution in [3.63, 3.8) is 0 Å². The summed E-state index contributed by atoms with van der Waals surface area (Å²) in [5, 5.41) is 5.82. The Kier molecular flexibility index (Phi) is 10.9. The normalized spacial score (nSPS) is 10.3. The molecule has 0 heterocycles. The zero-order valence-electron chi connectivity index (χ0n) is 21.2. The van der Waals surface area contributed by atoms with Gasteiger partial charge in [-0.15, -0.1) is 0 Å². The molecule has 0 aliphatic carbocycles. The summed E-state index contributed by atoms with van der Waals surface area (Å²) in [5.41, 5.74) is 1.64. The number of hydrogen-bond donors (Lipinski definition) is 2. The minimum Gasteiger partial charge on any atom is -0.490 e. The Morgan fingerprint density at radius 3 is 2.11 bits per heavy atom. The second kappa shape index (κ2) is 14.6. The molecule has 3 aromatic rings. The molecule has 8 heteroatoms. The molecule has 194 valence electrons. The minimum atomic E-state index is -0.390. The van der Waals surface area contributed by atoms with Crippen molar-refractivity contribution in [1.29, 1.82) is 0 Å². The second-order valence-corrected chi connectivity index (χ2v) is 8.69. The number of ether oxygens (including phenoxy) is 2. The molecule has 37 heavy (non-hydrogen) atoms. The minimum absolute atomic E-state index is 0.0110. The first-order valence-corrected chi connectivity index (χ1v) is 12.8. The lowest BCUT2D eigenvalue weighted by atomic mass is 10.1. The fourth-order valence-electron chi connectivity index (χ4n) is 3.67. The zero-order valence-corrected chi connectivity index (χ0v) is 22.1. The quantitative estimate of drug-likeness (QED) is 0.242. The molecule has 7 nitrogen and oxygen atoms in total. The van der Waals surface area contributed by atoms with Gasteiger partial charge in [-0.2, -0.15) is 0 Å². The van der Waals surface area contributed by atoms with E-state index < -0.39 is 5.91 Å². The van der Waals surface area contributed by atoms with E-state index >= 15 is 0 Å². The molecule has 0 radical (unpaired) electrons. The number of thiocarbonyl (C=S) groups is 1. The summed E-state index contributed by atoms with van der Waals surface area (Å²) in [6.45, 7) is 6.20. The van der Waals surface area contributed by atoms with E-state index in [0.717, 1.165) is 31.7 Å². The van der Waals surface area contributed by atoms with Gasteiger partial charge < -0.3 is 19.7 Å². The van der Waals surface area contributed by atoms with Crippen LogP contribution >= 0.6 is 12.2 Å². The van der Waals surface area contributed by atoms with Gasteiger partial charge in [-0.25, -0.2) is 0 Å². The van der Waals surface area contributed by atoms with E-state index in [0.29, 0.717) is 29.2 Å². The van der Waals surface area contributed by atoms with Crippen molar-refractivity contribution in [2.24, 2.45) is 0 Å². The van der Waals surface area contributed by atoms with Gasteiger partial charge in [0.2, 0.25) is 0 Å². The van der Waals surface area contributed by atoms with E-state index in [-0.39, 0.29) is 17.6 Å². The third-order valence-electron chi connectivity index (χ3n) is 5.38. The molecule has 0 saturated carbocycles. The summed E-state index contributed by atoms with van der Waals surface area (Å²) < 4.78 is 11.4. The van der Waals surface area contributed by atoms with E-state index in [1.807, 2.05) is 35.2 Å². The van der Waals surface area contributed by atoms with Crippen LogP contribution in [0.25, 0.3) is 0 Å². The summed E-state index contributed by atoms with van der Waals surface area (Å²) in [6.07, 6.45) is 1.82. The maximum absolute atomic E-state index is 12.9. The Hall–Kier alpha value is -3.91. The number of anilines is 1. The molecule has 0 spiro atoms. The lowest BCUT2D eigenvalue weighted by Crippen LogP contribution is -2.34. The van der Waals surface area contributed by atoms with Crippen LogP contribution in [0.5, 0.6) is 11.5 Å². The molecule has 0 atom stereocenters. The number of carbonyl (C=O) groups is 2. The van der Waals surface area contributed by atoms with E-state index in [1.54, 1.807) is 48.5 Å². The van der Waals surface area contributed by atoms with Crippen molar-refractivity contribution >= 4 is 34.8 Å². The molecule has 0 bridgehead atoms. The molecule has 0 saturated heterocycles. The summed E-state index contributed by atoms with van der Waals surface area (Å²) in [5.74, 6) is 0.812. The highest BCUT2D eigenvalue weighted by atomic mass is 32.1. The molecule has 0 aromatic heterocycles. The fraction of sp³-hybridized carbons (Fsp3) is 0.276. The Morgan fingerprint density at radius 1 is 0.811 bits per heavy atom. The monoisotopic (exact) mass is 519 g/mol. The number of rotatable bonds is 12. The molecule has 0 unspecified atom stereocenters. The molecule has 0 aliphatic rings. The Balaban J connectivity index is 1.53. The Bertz CT molecular complexity index is 1160. The second-order valence-electron chi connectivity index (χ2n) is 8.28. The van der Waals surface area contributed by atoms with Gasteiger partial charge in [-0.1, -0.05) is 44.2 Å². The first kappa shape index (κ1) is 27.7. The largest absolute Gasteiger partial charge is 0.490 e. The van der Waals surface area contributed by atoms with Crippen molar-refractivity contribution in [1.82, 2.24) is 10.2 Å². The molecule has 3 rings (SSSR count). The number of carbonyl (C=O) groups excluding carboxylic acids is 2. The van der Waals surface area contributed by atoms with Gasteiger partial charge in [0.05, 0.1) is 5.56 Å². The van der Waals surface area contributed by atoms with Crippen LogP contribution < -0.4 is 20.1 Å². The Labute approximate surface area is 223 Å². The van der Waals surface area contributed by atoms with Crippen LogP contribution in [0.15, 0.2) is 78.9 Å². The van der Waals surface area contributed by atoms with Gasteiger partial charge in [-0.3, -0.25) is 14.9 Å². The Morgan fingerprint density at radius 2 is 1.43 bits per heavy atom. The van der Waals surface area contributed by atoms with Crippen LogP contribution in [0.1, 0.15) is 47.4 Å². The number of nitrogens with one attached hydrogen (secondary N) is 2. The van der Waals surface area contributed by atoms with Crippen LogP contribution in [-0.2, 0) is 0 Å². The van der Waals surface area contributed by atoms with Gasteiger partial charge in [0.25, 0.3) is 11.8 Å². The highest BCUT2D eigenvalue weighted by molar-refractivity contribution is 7.80. The topological polar surface area (TPSA) is 79.9 Å². The number of para-hydroxylation sites is 2. The predicted molar refractivity (Wildman–Crippen MR) is 150 cm³/mol. The van der Waals surface area contributed by atoms with Crippen molar-refractivity contribution in [2.45, 2.75) is 26.7 Å². The van der Waals surface area contributed by atoms with Gasteiger partial charge in [0.1, 0.15) is 24.7 Å². The molecule has 2 N–H and O–H groups in total. The summed E-state index contributed by atoms with van der Waals surface area (Å²) in [4.78, 5) is 27.5. The van der Waals surface area contributed by atoms with Gasteiger partial charge >= 0.3 is 0 Å². The van der Waals surface area contributed by atoms with Crippen molar-refractivity contribution in [3.8, 4) is 11.5 Å². The van der Waals surface area contributed by atoms with E-state index in [2.05, 4.69) is 24.5 Å². The molecule has 0 aliphatic heterocycles. The van der Waals surface area contributed by atoms with Gasteiger partial charge in [0.15, 0.2) is 5.11 Å². The predicted octanol–water partition coefficient (Wildman–Crippen LogP) is 5.53. The van der Waals surface area contributed by atoms with Gasteiger partial charge in [0, 0.05) is 24.3 Å². The number of hydrogen-bond acceptors (Lipinski definition) is 5. The third kappa shape index (κ3) is 8.61. The van der Waals surface area contributed by atoms with Crippen LogP contribution in [0.4, 0.5) is 5.69 Å². The summed E-state index contributed by atoms with van der Waals surface area (Å²) >= 11 is 5.33. The standard InChI is InChI=1S/C29H33N3O4S/c1-3-18-32(19-4-2)28(34)22-14-16-23(17-15-22)30-29(37)31-27(33)25-12-8-9-13-26(25)36-21-20-35-24-10-6-5-7-11-24/h5-17H,3-4,18-21H2,1-2H3,(H2,30,31,33,37). The van der Waals surface area contributed by atoms with Crippen LogP contribution in [0.3, 0.4) is 0 Å². The molecule has 3 aromatic carbocycles. The van der Waals surface area contributed by atoms with E-state index in [1.165, 1.54) is 0 Å². The first-order valence-electron chi connectivity index (χ1n) is 12.4. The average molecular weight is 520 g/mol. The van der Waals surface area contributed by atoms with Crippen molar-refractivity contribution in [2.75, 3.05) is 31.6 Å². The first-order chi connectivity index (χ1) is 18.0. The molecule has 0 fully saturated rings. The maximum atomic E-state index is 12.9. The average Bonchev–Trinajstić information content (AvgIpc) is 2.92. The van der Waals surface area contributed by atoms with Crippen LogP contribution in [-0.4, -0.2) is 48.1 Å². The molecular weight excluding hydrogens is 486 g/mol. The number of amides is 2. The van der Waals surface area contributed by atoms with Crippen LogP contribution in [0, 0.1) is 0 Å². The van der Waals surface area contributed by atoms with E-state index in [4.69, 9.17) is 21.7 Å². The number of benzene rings is 3. The smallest absolute Gasteiger partial charge is 0.261 e. The third-order valence-corrected chi connectivity index (χ3v) is 5.58. The highest BCUT2D eigenvalue weighted by Gasteiger charge is 2.16. The summed E-state index contributed by atoms with van der Waals surface area (Å²) in [7, 11) is 0. The molecular formula is C29H33N3O4S. The van der Waals surface area contributed by atoms with Crippen LogP contribution in [0.2, 0.25) is 0 Å². The SMILES string of the molecule is CCCN(CCC)C(=O)c1ccc(NC(=S)NC(=O)c2ccccc2OCCOc2ccccc2)cc1. The lowest BCUT2D eigenvalue weighted by Gasteiger charge is -2.21.